The van der Waals surface area contributed by atoms with E-state index in [0.717, 1.165) is 12.0 Å². The average molecular weight is 554 g/mol. The molecule has 0 aromatic heterocycles. The number of fused-ring (bicyclic) bond motifs is 1. The van der Waals surface area contributed by atoms with Gasteiger partial charge in [-0.1, -0.05) is 67.9 Å². The fourth-order valence-corrected chi connectivity index (χ4v) is 7.21. The molecular formula is C30H36ClN3O5. The number of anilines is 1. The Morgan fingerprint density at radius 2 is 1.85 bits per heavy atom. The van der Waals surface area contributed by atoms with Gasteiger partial charge in [0.2, 0.25) is 17.7 Å². The van der Waals surface area contributed by atoms with Crippen LogP contribution in [0.25, 0.3) is 0 Å². The summed E-state index contributed by atoms with van der Waals surface area (Å²) in [5.74, 6) is -2.69. The first kappa shape index (κ1) is 27.6. The van der Waals surface area contributed by atoms with Crippen molar-refractivity contribution in [2.45, 2.75) is 63.3 Å². The van der Waals surface area contributed by atoms with Gasteiger partial charge in [0, 0.05) is 6.54 Å². The topological polar surface area (TPSA) is 108 Å². The molecule has 208 valence electrons. The van der Waals surface area contributed by atoms with Crippen LogP contribution in [0.3, 0.4) is 0 Å². The Morgan fingerprint density at radius 1 is 1.15 bits per heavy atom. The van der Waals surface area contributed by atoms with Crippen LogP contribution in [0.2, 0.25) is 5.02 Å². The molecular weight excluding hydrogens is 518 g/mol. The van der Waals surface area contributed by atoms with Crippen molar-refractivity contribution in [3.05, 3.63) is 65.2 Å². The van der Waals surface area contributed by atoms with Crippen LogP contribution >= 0.6 is 11.6 Å². The van der Waals surface area contributed by atoms with E-state index >= 15 is 0 Å². The highest BCUT2D eigenvalue weighted by Gasteiger charge is 2.80. The molecule has 5 rings (SSSR count). The van der Waals surface area contributed by atoms with E-state index in [4.69, 9.17) is 16.3 Å². The maximum atomic E-state index is 14.4. The van der Waals surface area contributed by atoms with Gasteiger partial charge in [0.25, 0.3) is 0 Å². The van der Waals surface area contributed by atoms with Gasteiger partial charge in [0.1, 0.15) is 11.6 Å². The first-order valence-corrected chi connectivity index (χ1v) is 14.1. The third kappa shape index (κ3) is 4.42. The normalized spacial score (nSPS) is 31.7. The molecule has 3 unspecified atom stereocenters. The van der Waals surface area contributed by atoms with E-state index in [1.807, 2.05) is 51.1 Å². The number of aliphatic hydroxyl groups excluding tert-OH is 1. The highest BCUT2D eigenvalue weighted by atomic mass is 35.5. The van der Waals surface area contributed by atoms with E-state index in [1.165, 1.54) is 4.90 Å². The molecule has 0 aliphatic carbocycles. The van der Waals surface area contributed by atoms with E-state index in [2.05, 4.69) is 10.6 Å². The Labute approximate surface area is 234 Å². The number of hydrogen-bond donors (Lipinski definition) is 3. The van der Waals surface area contributed by atoms with Crippen LogP contribution in [-0.4, -0.2) is 64.2 Å². The number of amides is 3. The molecule has 1 spiro atoms. The number of aliphatic hydroxyl groups is 1. The summed E-state index contributed by atoms with van der Waals surface area (Å²) in [4.78, 5) is 43.6. The molecule has 2 aromatic rings. The average Bonchev–Trinajstić information content (AvgIpc) is 3.44. The zero-order valence-corrected chi connectivity index (χ0v) is 23.3. The molecule has 0 radical (unpaired) electrons. The number of benzene rings is 2. The monoisotopic (exact) mass is 553 g/mol. The number of nitrogens with one attached hydrogen (secondary N) is 2. The standard InChI is InChI=1S/C30H36ClN3O5/c1-4-14-32-26(36)23-24-28(38)34(20(17-35)15-19-10-6-5-7-11-19)25(30(24)16-18(2)29(23,3)39-30)27(37)33-22-13-9-8-12-21(22)31/h5-13,18,20,23-25,35H,4,14-17H2,1-3H3,(H,32,36)(H,33,37)/t18?,20-,23-,24+,25?,29+,30?/m1/s1. The largest absolute Gasteiger partial charge is 0.394 e. The van der Waals surface area contributed by atoms with Gasteiger partial charge in [-0.25, -0.2) is 0 Å². The maximum absolute atomic E-state index is 14.4. The van der Waals surface area contributed by atoms with Crippen molar-refractivity contribution in [1.82, 2.24) is 10.2 Å². The fourth-order valence-electron chi connectivity index (χ4n) is 7.03. The molecule has 3 saturated heterocycles. The van der Waals surface area contributed by atoms with Crippen LogP contribution < -0.4 is 10.6 Å². The maximum Gasteiger partial charge on any atom is 0.250 e. The SMILES string of the molecule is CCCNC(=O)[C@H]1[C@H]2C(=O)N([C@@H](CO)Cc3ccccc3)C(C(=O)Nc3ccccc3Cl)C23CC(C)[C@]1(C)O3. The number of hydrogen-bond acceptors (Lipinski definition) is 5. The summed E-state index contributed by atoms with van der Waals surface area (Å²) in [5.41, 5.74) is -0.771. The quantitative estimate of drug-likeness (QED) is 0.441. The van der Waals surface area contributed by atoms with Crippen molar-refractivity contribution in [1.29, 1.82) is 0 Å². The van der Waals surface area contributed by atoms with E-state index < -0.39 is 41.0 Å². The lowest BCUT2D eigenvalue weighted by Gasteiger charge is -2.37. The number of likely N-dealkylation sites (tertiary alicyclic amines) is 1. The smallest absolute Gasteiger partial charge is 0.250 e. The number of para-hydroxylation sites is 1. The van der Waals surface area contributed by atoms with Crippen LogP contribution in [-0.2, 0) is 25.5 Å². The molecule has 39 heavy (non-hydrogen) atoms. The van der Waals surface area contributed by atoms with E-state index in [9.17, 15) is 19.5 Å². The number of ether oxygens (including phenoxy) is 1. The van der Waals surface area contributed by atoms with Crippen molar-refractivity contribution in [3.8, 4) is 0 Å². The number of nitrogens with zero attached hydrogens (tertiary/aromatic N) is 1. The lowest BCUT2D eigenvalue weighted by atomic mass is 9.62. The molecule has 0 saturated carbocycles. The lowest BCUT2D eigenvalue weighted by Crippen LogP contribution is -2.57. The number of halogens is 1. The van der Waals surface area contributed by atoms with Gasteiger partial charge < -0.3 is 25.4 Å². The summed E-state index contributed by atoms with van der Waals surface area (Å²) in [6.07, 6.45) is 1.55. The minimum Gasteiger partial charge on any atom is -0.394 e. The van der Waals surface area contributed by atoms with E-state index in [0.29, 0.717) is 30.1 Å². The number of carbonyl (C=O) groups is 3. The van der Waals surface area contributed by atoms with Crippen molar-refractivity contribution in [2.75, 3.05) is 18.5 Å². The minimum atomic E-state index is -1.21. The van der Waals surface area contributed by atoms with Crippen LogP contribution in [0.4, 0.5) is 5.69 Å². The van der Waals surface area contributed by atoms with Crippen LogP contribution in [0, 0.1) is 17.8 Å². The van der Waals surface area contributed by atoms with E-state index in [1.54, 1.807) is 24.3 Å². The Balaban J connectivity index is 1.59. The molecule has 2 bridgehead atoms. The third-order valence-electron chi connectivity index (χ3n) is 8.88. The molecule has 3 heterocycles. The predicted molar refractivity (Wildman–Crippen MR) is 148 cm³/mol. The molecule has 3 N–H and O–H groups in total. The lowest BCUT2D eigenvalue weighted by molar-refractivity contribution is -0.149. The minimum absolute atomic E-state index is 0.0730. The molecule has 9 heteroatoms. The van der Waals surface area contributed by atoms with Crippen molar-refractivity contribution >= 4 is 35.0 Å². The summed E-state index contributed by atoms with van der Waals surface area (Å²) < 4.78 is 6.75. The zero-order chi connectivity index (χ0) is 27.9. The van der Waals surface area contributed by atoms with Gasteiger partial charge in [-0.2, -0.15) is 0 Å². The summed E-state index contributed by atoms with van der Waals surface area (Å²) in [5, 5.41) is 16.8. The Hall–Kier alpha value is -2.94. The Morgan fingerprint density at radius 3 is 2.51 bits per heavy atom. The van der Waals surface area contributed by atoms with Crippen molar-refractivity contribution < 1.29 is 24.2 Å². The first-order chi connectivity index (χ1) is 18.7. The molecule has 3 aliphatic heterocycles. The van der Waals surface area contributed by atoms with Crippen LogP contribution in [0.15, 0.2) is 54.6 Å². The Bertz CT molecular complexity index is 1260. The summed E-state index contributed by atoms with van der Waals surface area (Å²) in [6.45, 7) is 6.00. The fraction of sp³-hybridized carbons (Fsp3) is 0.500. The molecule has 3 fully saturated rings. The second-order valence-corrected chi connectivity index (χ2v) is 11.6. The highest BCUT2D eigenvalue weighted by Crippen LogP contribution is 2.65. The van der Waals surface area contributed by atoms with Crippen LogP contribution in [0.5, 0.6) is 0 Å². The molecule has 2 aromatic carbocycles. The van der Waals surface area contributed by atoms with Gasteiger partial charge in [0.15, 0.2) is 0 Å². The highest BCUT2D eigenvalue weighted by molar-refractivity contribution is 6.33. The van der Waals surface area contributed by atoms with E-state index in [-0.39, 0.29) is 24.3 Å². The zero-order valence-electron chi connectivity index (χ0n) is 22.5. The summed E-state index contributed by atoms with van der Waals surface area (Å²) in [7, 11) is 0. The van der Waals surface area contributed by atoms with Crippen molar-refractivity contribution in [2.24, 2.45) is 17.8 Å². The molecule has 7 atom stereocenters. The first-order valence-electron chi connectivity index (χ1n) is 13.7. The van der Waals surface area contributed by atoms with Crippen molar-refractivity contribution in [3.63, 3.8) is 0 Å². The second-order valence-electron chi connectivity index (χ2n) is 11.2. The second kappa shape index (κ2) is 10.6. The number of carbonyl (C=O) groups excluding carboxylic acids is 3. The van der Waals surface area contributed by atoms with Gasteiger partial charge in [-0.3, -0.25) is 14.4 Å². The van der Waals surface area contributed by atoms with Gasteiger partial charge >= 0.3 is 0 Å². The summed E-state index contributed by atoms with van der Waals surface area (Å²) >= 11 is 6.36. The molecule has 8 nitrogen and oxygen atoms in total. The molecule has 3 amide bonds. The van der Waals surface area contributed by atoms with Gasteiger partial charge in [-0.15, -0.1) is 0 Å². The number of rotatable bonds is 9. The molecule has 3 aliphatic rings. The Kier molecular flexibility index (Phi) is 7.48. The summed E-state index contributed by atoms with van der Waals surface area (Å²) in [6, 6.07) is 14.7. The van der Waals surface area contributed by atoms with Gasteiger partial charge in [0.05, 0.1) is 40.8 Å². The van der Waals surface area contributed by atoms with Crippen LogP contribution in [0.1, 0.15) is 39.2 Å². The predicted octanol–water partition coefficient (Wildman–Crippen LogP) is 3.42. The van der Waals surface area contributed by atoms with Gasteiger partial charge in [-0.05, 0) is 49.8 Å². The third-order valence-corrected chi connectivity index (χ3v) is 9.21.